The molecule has 0 aliphatic heterocycles. The molecule has 0 bridgehead atoms. The quantitative estimate of drug-likeness (QED) is 0.744. The molecule has 3 aromatic rings. The molecule has 0 aliphatic carbocycles. The summed E-state index contributed by atoms with van der Waals surface area (Å²) in [6, 6.07) is 7.70. The monoisotopic (exact) mass is 330 g/mol. The number of anilines is 1. The highest BCUT2D eigenvalue weighted by atomic mass is 35.5. The Labute approximate surface area is 137 Å². The van der Waals surface area contributed by atoms with Crippen LogP contribution in [0.2, 0.25) is 5.02 Å². The summed E-state index contributed by atoms with van der Waals surface area (Å²) < 4.78 is 6.56. The van der Waals surface area contributed by atoms with Crippen LogP contribution in [0.3, 0.4) is 0 Å². The number of nitrogens with two attached hydrogens (primary N) is 1. The van der Waals surface area contributed by atoms with Crippen LogP contribution in [0.5, 0.6) is 0 Å². The van der Waals surface area contributed by atoms with Gasteiger partial charge < -0.3 is 10.5 Å². The van der Waals surface area contributed by atoms with Crippen molar-refractivity contribution in [1.29, 1.82) is 0 Å². The number of carbonyl (C=O) groups is 1. The molecule has 0 aliphatic rings. The normalized spacial score (nSPS) is 10.9. The van der Waals surface area contributed by atoms with E-state index >= 15 is 0 Å². The van der Waals surface area contributed by atoms with Gasteiger partial charge in [0.2, 0.25) is 0 Å². The minimum Gasteiger partial charge on any atom is -0.462 e. The van der Waals surface area contributed by atoms with E-state index in [2.05, 4.69) is 10.1 Å². The van der Waals surface area contributed by atoms with Crippen LogP contribution in [0.15, 0.2) is 36.7 Å². The van der Waals surface area contributed by atoms with Gasteiger partial charge in [-0.15, -0.1) is 0 Å². The van der Waals surface area contributed by atoms with E-state index in [0.717, 1.165) is 16.5 Å². The van der Waals surface area contributed by atoms with Gasteiger partial charge in [-0.3, -0.25) is 9.67 Å². The van der Waals surface area contributed by atoms with Crippen LogP contribution in [0.4, 0.5) is 5.82 Å². The maximum absolute atomic E-state index is 11.8. The summed E-state index contributed by atoms with van der Waals surface area (Å²) in [7, 11) is 0. The number of nitrogens with zero attached hydrogens (tertiary/aromatic N) is 3. The Morgan fingerprint density at radius 3 is 3.00 bits per heavy atom. The summed E-state index contributed by atoms with van der Waals surface area (Å²) in [5.41, 5.74) is 7.92. The number of fused-ring (bicyclic) bond motifs is 1. The summed E-state index contributed by atoms with van der Waals surface area (Å²) in [5.74, 6) is -0.306. The second-order valence-corrected chi connectivity index (χ2v) is 5.46. The number of hydrogen-bond acceptors (Lipinski definition) is 5. The van der Waals surface area contributed by atoms with Crippen LogP contribution in [-0.2, 0) is 11.3 Å². The molecule has 0 amide bonds. The maximum Gasteiger partial charge on any atom is 0.343 e. The van der Waals surface area contributed by atoms with E-state index in [1.165, 1.54) is 0 Å². The Morgan fingerprint density at radius 1 is 1.39 bits per heavy atom. The number of nitrogen functional groups attached to an aromatic ring is 1. The molecule has 3 rings (SSSR count). The third kappa shape index (κ3) is 3.27. The molecule has 0 radical (unpaired) electrons. The second-order valence-electron chi connectivity index (χ2n) is 5.03. The van der Waals surface area contributed by atoms with Crippen LogP contribution in [0.25, 0.3) is 10.9 Å². The minimum atomic E-state index is -0.467. The summed E-state index contributed by atoms with van der Waals surface area (Å²) >= 11 is 5.97. The van der Waals surface area contributed by atoms with Crippen molar-refractivity contribution in [2.24, 2.45) is 0 Å². The van der Waals surface area contributed by atoms with Gasteiger partial charge in [0, 0.05) is 17.8 Å². The largest absolute Gasteiger partial charge is 0.462 e. The van der Waals surface area contributed by atoms with Crippen molar-refractivity contribution < 1.29 is 9.53 Å². The van der Waals surface area contributed by atoms with Crippen LogP contribution >= 0.6 is 11.6 Å². The lowest BCUT2D eigenvalue weighted by Gasteiger charge is -2.04. The van der Waals surface area contributed by atoms with E-state index in [1.807, 2.05) is 24.3 Å². The van der Waals surface area contributed by atoms with Crippen molar-refractivity contribution in [1.82, 2.24) is 14.8 Å². The number of carbonyl (C=O) groups excluding carboxylic acids is 1. The van der Waals surface area contributed by atoms with Crippen molar-refractivity contribution in [3.63, 3.8) is 0 Å². The third-order valence-electron chi connectivity index (χ3n) is 3.34. The smallest absolute Gasteiger partial charge is 0.343 e. The summed E-state index contributed by atoms with van der Waals surface area (Å²) in [6.45, 7) is 2.51. The number of pyridine rings is 1. The number of ether oxygens (including phenoxy) is 1. The molecule has 0 saturated carbocycles. The Morgan fingerprint density at radius 2 is 2.22 bits per heavy atom. The lowest BCUT2D eigenvalue weighted by atomic mass is 10.1. The fourth-order valence-corrected chi connectivity index (χ4v) is 2.49. The van der Waals surface area contributed by atoms with Crippen molar-refractivity contribution in [3.05, 3.63) is 52.8 Å². The van der Waals surface area contributed by atoms with Crippen molar-refractivity contribution >= 4 is 34.3 Å². The third-order valence-corrected chi connectivity index (χ3v) is 3.55. The molecule has 0 atom stereocenters. The van der Waals surface area contributed by atoms with E-state index < -0.39 is 5.97 Å². The van der Waals surface area contributed by atoms with Crippen LogP contribution in [-0.4, -0.2) is 27.3 Å². The maximum atomic E-state index is 11.8. The van der Waals surface area contributed by atoms with Crippen LogP contribution in [0, 0.1) is 0 Å². The predicted octanol–water partition coefficient (Wildman–Crippen LogP) is 2.89. The van der Waals surface area contributed by atoms with Gasteiger partial charge in [0.15, 0.2) is 5.82 Å². The van der Waals surface area contributed by atoms with Crippen molar-refractivity contribution in [3.8, 4) is 0 Å². The summed E-state index contributed by atoms with van der Waals surface area (Å²) in [6.07, 6.45) is 3.21. The molecule has 2 N–H and O–H groups in total. The number of benzene rings is 1. The highest BCUT2D eigenvalue weighted by Gasteiger charge is 2.15. The van der Waals surface area contributed by atoms with Crippen LogP contribution in [0.1, 0.15) is 22.8 Å². The molecular formula is C16H15ClN4O2. The van der Waals surface area contributed by atoms with E-state index in [1.54, 1.807) is 24.0 Å². The number of aromatic nitrogens is 3. The van der Waals surface area contributed by atoms with E-state index in [9.17, 15) is 4.79 Å². The topological polar surface area (TPSA) is 83.0 Å². The SMILES string of the molecule is CCOC(=O)c1cn(Cc2ccc3ncc(Cl)cc3c2)nc1N. The summed E-state index contributed by atoms with van der Waals surface area (Å²) in [4.78, 5) is 16.0. The van der Waals surface area contributed by atoms with Gasteiger partial charge in [-0.1, -0.05) is 17.7 Å². The molecule has 2 heterocycles. The number of rotatable bonds is 4. The van der Waals surface area contributed by atoms with Gasteiger partial charge >= 0.3 is 5.97 Å². The van der Waals surface area contributed by atoms with Gasteiger partial charge in [-0.2, -0.15) is 5.10 Å². The highest BCUT2D eigenvalue weighted by molar-refractivity contribution is 6.31. The van der Waals surface area contributed by atoms with Crippen LogP contribution < -0.4 is 5.73 Å². The fourth-order valence-electron chi connectivity index (χ4n) is 2.32. The minimum absolute atomic E-state index is 0.161. The Bertz CT molecular complexity index is 876. The molecule has 1 aromatic carbocycles. The van der Waals surface area contributed by atoms with E-state index in [0.29, 0.717) is 18.2 Å². The standard InChI is InChI=1S/C16H15ClN4O2/c1-2-23-16(22)13-9-21(20-15(13)18)8-10-3-4-14-11(5-10)6-12(17)7-19-14/h3-7,9H,2,8H2,1H3,(H2,18,20). The Balaban J connectivity index is 1.87. The molecule has 2 aromatic heterocycles. The van der Waals surface area contributed by atoms with Crippen molar-refractivity contribution in [2.45, 2.75) is 13.5 Å². The van der Waals surface area contributed by atoms with Gasteiger partial charge in [0.05, 0.1) is 23.7 Å². The first-order valence-electron chi connectivity index (χ1n) is 7.11. The van der Waals surface area contributed by atoms with Crippen molar-refractivity contribution in [2.75, 3.05) is 12.3 Å². The number of esters is 1. The Hall–Kier alpha value is -2.60. The predicted molar refractivity (Wildman–Crippen MR) is 88.5 cm³/mol. The summed E-state index contributed by atoms with van der Waals surface area (Å²) in [5, 5.41) is 5.69. The van der Waals surface area contributed by atoms with E-state index in [4.69, 9.17) is 22.1 Å². The first-order valence-corrected chi connectivity index (χ1v) is 7.49. The molecule has 6 nitrogen and oxygen atoms in total. The molecule has 23 heavy (non-hydrogen) atoms. The fraction of sp³-hybridized carbons (Fsp3) is 0.188. The molecule has 0 saturated heterocycles. The van der Waals surface area contributed by atoms with Gasteiger partial charge in [-0.05, 0) is 30.7 Å². The lowest BCUT2D eigenvalue weighted by Crippen LogP contribution is -2.06. The lowest BCUT2D eigenvalue weighted by molar-refractivity contribution is 0.0527. The molecule has 7 heteroatoms. The number of halogens is 1. The highest BCUT2D eigenvalue weighted by Crippen LogP contribution is 2.19. The zero-order valence-corrected chi connectivity index (χ0v) is 13.2. The van der Waals surface area contributed by atoms with Gasteiger partial charge in [0.25, 0.3) is 0 Å². The molecular weight excluding hydrogens is 316 g/mol. The molecule has 118 valence electrons. The van der Waals surface area contributed by atoms with Gasteiger partial charge in [-0.25, -0.2) is 4.79 Å². The molecule has 0 fully saturated rings. The number of hydrogen-bond donors (Lipinski definition) is 1. The zero-order chi connectivity index (χ0) is 16.4. The second kappa shape index (κ2) is 6.26. The zero-order valence-electron chi connectivity index (χ0n) is 12.5. The average Bonchev–Trinajstić information content (AvgIpc) is 2.87. The van der Waals surface area contributed by atoms with Gasteiger partial charge in [0.1, 0.15) is 5.56 Å². The Kier molecular flexibility index (Phi) is 4.16. The first-order chi connectivity index (χ1) is 11.1. The first kappa shape index (κ1) is 15.3. The van der Waals surface area contributed by atoms with E-state index in [-0.39, 0.29) is 11.4 Å². The molecule has 0 unspecified atom stereocenters. The average molecular weight is 331 g/mol. The molecule has 0 spiro atoms.